The molecule has 0 unspecified atom stereocenters. The number of unbranched alkanes of at least 4 members (excludes halogenated alkanes) is 1. The van der Waals surface area contributed by atoms with Gasteiger partial charge in [-0.2, -0.15) is 0 Å². The molecule has 0 aliphatic heterocycles. The summed E-state index contributed by atoms with van der Waals surface area (Å²) in [5.41, 5.74) is 1.18. The van der Waals surface area contributed by atoms with E-state index in [1.807, 2.05) is 0 Å². The van der Waals surface area contributed by atoms with Crippen molar-refractivity contribution >= 4 is 11.6 Å². The molecule has 0 spiro atoms. The van der Waals surface area contributed by atoms with Gasteiger partial charge in [-0.15, -0.1) is 0 Å². The van der Waals surface area contributed by atoms with E-state index in [0.29, 0.717) is 35.4 Å². The maximum atomic E-state index is 9.75. The van der Waals surface area contributed by atoms with E-state index in [4.69, 9.17) is 20.8 Å². The SMILES string of the molecule is CCCCOCc1coc(-c2cc(Cl)ccc2O)n1. The highest BCUT2D eigenvalue weighted by Gasteiger charge is 2.11. The van der Waals surface area contributed by atoms with Gasteiger partial charge in [-0.3, -0.25) is 0 Å². The maximum Gasteiger partial charge on any atom is 0.230 e. The molecule has 1 N–H and O–H groups in total. The Bertz CT molecular complexity index is 539. The number of halogens is 1. The van der Waals surface area contributed by atoms with Crippen molar-refractivity contribution in [1.29, 1.82) is 0 Å². The van der Waals surface area contributed by atoms with E-state index in [2.05, 4.69) is 11.9 Å². The maximum absolute atomic E-state index is 9.75. The lowest BCUT2D eigenvalue weighted by Gasteiger charge is -2.00. The summed E-state index contributed by atoms with van der Waals surface area (Å²) in [6.07, 6.45) is 3.65. The van der Waals surface area contributed by atoms with Crippen molar-refractivity contribution in [2.24, 2.45) is 0 Å². The Labute approximate surface area is 117 Å². The fraction of sp³-hybridized carbons (Fsp3) is 0.357. The van der Waals surface area contributed by atoms with Crippen molar-refractivity contribution in [3.05, 3.63) is 35.2 Å². The third kappa shape index (κ3) is 3.72. The van der Waals surface area contributed by atoms with E-state index in [9.17, 15) is 5.11 Å². The Balaban J connectivity index is 2.06. The number of aromatic hydroxyl groups is 1. The van der Waals surface area contributed by atoms with Crippen molar-refractivity contribution in [3.8, 4) is 17.2 Å². The quantitative estimate of drug-likeness (QED) is 0.813. The summed E-state index contributed by atoms with van der Waals surface area (Å²) in [5, 5.41) is 10.3. The summed E-state index contributed by atoms with van der Waals surface area (Å²) in [5.74, 6) is 0.429. The molecule has 0 bridgehead atoms. The van der Waals surface area contributed by atoms with Crippen molar-refractivity contribution in [2.45, 2.75) is 26.4 Å². The number of nitrogens with zero attached hydrogens (tertiary/aromatic N) is 1. The summed E-state index contributed by atoms with van der Waals surface area (Å²) >= 11 is 5.89. The number of benzene rings is 1. The first-order valence-electron chi connectivity index (χ1n) is 6.21. The molecular weight excluding hydrogens is 266 g/mol. The van der Waals surface area contributed by atoms with E-state index < -0.39 is 0 Å². The Morgan fingerprint density at radius 3 is 3.05 bits per heavy atom. The molecule has 0 saturated carbocycles. The summed E-state index contributed by atoms with van der Waals surface area (Å²) in [4.78, 5) is 4.27. The van der Waals surface area contributed by atoms with Crippen LogP contribution >= 0.6 is 11.6 Å². The monoisotopic (exact) mass is 281 g/mol. The van der Waals surface area contributed by atoms with Crippen LogP contribution in [0.1, 0.15) is 25.5 Å². The second-order valence-electron chi connectivity index (χ2n) is 4.21. The number of ether oxygens (including phenoxy) is 1. The van der Waals surface area contributed by atoms with Crippen LogP contribution in [0.15, 0.2) is 28.9 Å². The molecule has 1 aromatic carbocycles. The predicted molar refractivity (Wildman–Crippen MR) is 73.2 cm³/mol. The smallest absolute Gasteiger partial charge is 0.230 e. The molecule has 0 aliphatic rings. The molecule has 0 amide bonds. The standard InChI is InChI=1S/C14H16ClNO3/c1-2-3-6-18-8-11-9-19-14(16-11)12-7-10(15)4-5-13(12)17/h4-5,7,9,17H,2-3,6,8H2,1H3. The molecule has 2 rings (SSSR count). The van der Waals surface area contributed by atoms with E-state index in [1.54, 1.807) is 12.1 Å². The summed E-state index contributed by atoms with van der Waals surface area (Å²) in [6, 6.07) is 4.74. The van der Waals surface area contributed by atoms with E-state index in [-0.39, 0.29) is 5.75 Å². The zero-order valence-electron chi connectivity index (χ0n) is 10.7. The molecule has 1 heterocycles. The predicted octanol–water partition coefficient (Wildman–Crippen LogP) is 4.02. The van der Waals surface area contributed by atoms with Gasteiger partial charge in [0.2, 0.25) is 5.89 Å². The van der Waals surface area contributed by atoms with Gasteiger partial charge < -0.3 is 14.3 Å². The van der Waals surface area contributed by atoms with Crippen LogP contribution in [0.3, 0.4) is 0 Å². The van der Waals surface area contributed by atoms with Crippen LogP contribution in [0.5, 0.6) is 5.75 Å². The number of oxazole rings is 1. The Morgan fingerprint density at radius 2 is 2.26 bits per heavy atom. The number of phenolic OH excluding ortho intramolecular Hbond substituents is 1. The average Bonchev–Trinajstić information content (AvgIpc) is 2.86. The largest absolute Gasteiger partial charge is 0.507 e. The zero-order chi connectivity index (χ0) is 13.7. The van der Waals surface area contributed by atoms with E-state index >= 15 is 0 Å². The molecule has 2 aromatic rings. The molecule has 0 fully saturated rings. The third-order valence-corrected chi connectivity index (χ3v) is 2.87. The second kappa shape index (κ2) is 6.59. The van der Waals surface area contributed by atoms with Gasteiger partial charge in [0.25, 0.3) is 0 Å². The lowest BCUT2D eigenvalue weighted by atomic mass is 10.2. The molecule has 0 radical (unpaired) electrons. The first-order valence-corrected chi connectivity index (χ1v) is 6.59. The number of aromatic nitrogens is 1. The minimum absolute atomic E-state index is 0.0877. The van der Waals surface area contributed by atoms with Gasteiger partial charge in [-0.25, -0.2) is 4.98 Å². The highest BCUT2D eigenvalue weighted by atomic mass is 35.5. The molecule has 5 heteroatoms. The molecule has 102 valence electrons. The van der Waals surface area contributed by atoms with Crippen LogP contribution in [0.25, 0.3) is 11.5 Å². The molecule has 0 aliphatic carbocycles. The molecule has 19 heavy (non-hydrogen) atoms. The molecule has 0 atom stereocenters. The number of rotatable bonds is 6. The van der Waals surface area contributed by atoms with Gasteiger partial charge in [0.15, 0.2) is 0 Å². The number of hydrogen-bond donors (Lipinski definition) is 1. The fourth-order valence-electron chi connectivity index (χ4n) is 1.60. The van der Waals surface area contributed by atoms with Crippen molar-refractivity contribution in [3.63, 3.8) is 0 Å². The topological polar surface area (TPSA) is 55.5 Å². The van der Waals surface area contributed by atoms with Crippen molar-refractivity contribution in [2.75, 3.05) is 6.61 Å². The second-order valence-corrected chi connectivity index (χ2v) is 4.65. The number of hydrogen-bond acceptors (Lipinski definition) is 4. The van der Waals surface area contributed by atoms with Crippen LogP contribution in [0.2, 0.25) is 5.02 Å². The van der Waals surface area contributed by atoms with Gasteiger partial charge in [-0.05, 0) is 24.6 Å². The van der Waals surface area contributed by atoms with Gasteiger partial charge >= 0.3 is 0 Å². The Kier molecular flexibility index (Phi) is 4.82. The first kappa shape index (κ1) is 13.9. The van der Waals surface area contributed by atoms with Crippen LogP contribution in [0.4, 0.5) is 0 Å². The first-order chi connectivity index (χ1) is 9.20. The molecule has 0 saturated heterocycles. The fourth-order valence-corrected chi connectivity index (χ4v) is 1.77. The highest BCUT2D eigenvalue weighted by Crippen LogP contribution is 2.31. The zero-order valence-corrected chi connectivity index (χ0v) is 11.5. The van der Waals surface area contributed by atoms with Gasteiger partial charge in [0.05, 0.1) is 12.2 Å². The van der Waals surface area contributed by atoms with E-state index in [0.717, 1.165) is 12.8 Å². The third-order valence-electron chi connectivity index (χ3n) is 2.63. The Hall–Kier alpha value is -1.52. The molecule has 1 aromatic heterocycles. The lowest BCUT2D eigenvalue weighted by Crippen LogP contribution is -1.95. The molecule has 4 nitrogen and oxygen atoms in total. The van der Waals surface area contributed by atoms with Gasteiger partial charge in [0.1, 0.15) is 17.7 Å². The van der Waals surface area contributed by atoms with Crippen LogP contribution < -0.4 is 0 Å². The highest BCUT2D eigenvalue weighted by molar-refractivity contribution is 6.30. The summed E-state index contributed by atoms with van der Waals surface area (Å²) < 4.78 is 10.8. The molecular formula is C14H16ClNO3. The minimum atomic E-state index is 0.0877. The minimum Gasteiger partial charge on any atom is -0.507 e. The lowest BCUT2D eigenvalue weighted by molar-refractivity contribution is 0.115. The van der Waals surface area contributed by atoms with Gasteiger partial charge in [-0.1, -0.05) is 24.9 Å². The van der Waals surface area contributed by atoms with Gasteiger partial charge in [0, 0.05) is 11.6 Å². The van der Waals surface area contributed by atoms with Crippen molar-refractivity contribution in [1.82, 2.24) is 4.98 Å². The van der Waals surface area contributed by atoms with E-state index in [1.165, 1.54) is 12.3 Å². The normalized spacial score (nSPS) is 10.8. The Morgan fingerprint density at radius 1 is 1.42 bits per heavy atom. The summed E-state index contributed by atoms with van der Waals surface area (Å²) in [7, 11) is 0. The van der Waals surface area contributed by atoms with Crippen LogP contribution in [-0.4, -0.2) is 16.7 Å². The van der Waals surface area contributed by atoms with Crippen molar-refractivity contribution < 1.29 is 14.3 Å². The summed E-state index contributed by atoms with van der Waals surface area (Å²) in [6.45, 7) is 3.23. The van der Waals surface area contributed by atoms with Crippen LogP contribution in [-0.2, 0) is 11.3 Å². The average molecular weight is 282 g/mol. The number of phenols is 1. The van der Waals surface area contributed by atoms with Crippen LogP contribution in [0, 0.1) is 0 Å².